The van der Waals surface area contributed by atoms with Gasteiger partial charge in [-0.3, -0.25) is 9.69 Å². The Balaban J connectivity index is 1.47. The first-order chi connectivity index (χ1) is 12.5. The van der Waals surface area contributed by atoms with Crippen LogP contribution in [0.15, 0.2) is 24.4 Å². The number of carbonyl (C=O) groups is 1. The van der Waals surface area contributed by atoms with E-state index in [4.69, 9.17) is 5.73 Å². The standard InChI is InChI=1S/C20H33N5O/c1-16(17(2)21)20(26)25-9-5-6-18(15-25)14-23-10-12-24(13-11-23)19-7-3-4-8-22-19/h3-4,7-8,16-18H,5-6,9-15,21H2,1-2H3. The van der Waals surface area contributed by atoms with E-state index in [1.807, 2.05) is 37.1 Å². The Kier molecular flexibility index (Phi) is 6.48. The first kappa shape index (κ1) is 19.1. The van der Waals surface area contributed by atoms with E-state index in [9.17, 15) is 4.79 Å². The van der Waals surface area contributed by atoms with Gasteiger partial charge in [-0.05, 0) is 37.8 Å². The molecule has 2 aliphatic rings. The van der Waals surface area contributed by atoms with Gasteiger partial charge in [0, 0.05) is 58.1 Å². The first-order valence-corrected chi connectivity index (χ1v) is 9.97. The molecule has 2 saturated heterocycles. The van der Waals surface area contributed by atoms with Crippen LogP contribution in [0.5, 0.6) is 0 Å². The minimum absolute atomic E-state index is 0.0810. The van der Waals surface area contributed by atoms with Crippen molar-refractivity contribution in [3.8, 4) is 0 Å². The van der Waals surface area contributed by atoms with Gasteiger partial charge in [0.25, 0.3) is 0 Å². The smallest absolute Gasteiger partial charge is 0.226 e. The number of pyridine rings is 1. The second-order valence-corrected chi connectivity index (χ2v) is 7.92. The van der Waals surface area contributed by atoms with E-state index in [1.165, 1.54) is 6.42 Å². The van der Waals surface area contributed by atoms with Gasteiger partial charge in [0.2, 0.25) is 5.91 Å². The highest BCUT2D eigenvalue weighted by molar-refractivity contribution is 5.79. The van der Waals surface area contributed by atoms with Crippen LogP contribution in [0.1, 0.15) is 26.7 Å². The maximum Gasteiger partial charge on any atom is 0.226 e. The lowest BCUT2D eigenvalue weighted by Gasteiger charge is -2.40. The lowest BCUT2D eigenvalue weighted by molar-refractivity contribution is -0.137. The molecule has 6 nitrogen and oxygen atoms in total. The second kappa shape index (κ2) is 8.82. The lowest BCUT2D eigenvalue weighted by atomic mass is 9.94. The van der Waals surface area contributed by atoms with E-state index in [-0.39, 0.29) is 17.9 Å². The molecular formula is C20H33N5O. The summed E-state index contributed by atoms with van der Waals surface area (Å²) in [7, 11) is 0. The van der Waals surface area contributed by atoms with Gasteiger partial charge in [0.05, 0.1) is 5.92 Å². The third-order valence-electron chi connectivity index (χ3n) is 5.87. The molecule has 0 saturated carbocycles. The zero-order chi connectivity index (χ0) is 18.5. The fourth-order valence-electron chi connectivity index (χ4n) is 3.99. The largest absolute Gasteiger partial charge is 0.354 e. The maximum atomic E-state index is 12.6. The van der Waals surface area contributed by atoms with Crippen molar-refractivity contribution in [2.75, 3.05) is 50.7 Å². The molecule has 1 amide bonds. The number of nitrogens with two attached hydrogens (primary N) is 1. The topological polar surface area (TPSA) is 65.7 Å². The number of hydrogen-bond acceptors (Lipinski definition) is 5. The molecule has 2 aliphatic heterocycles. The fraction of sp³-hybridized carbons (Fsp3) is 0.700. The summed E-state index contributed by atoms with van der Waals surface area (Å²) in [6.07, 6.45) is 4.19. The second-order valence-electron chi connectivity index (χ2n) is 7.92. The van der Waals surface area contributed by atoms with Crippen LogP contribution in [0.4, 0.5) is 5.82 Å². The van der Waals surface area contributed by atoms with Crippen LogP contribution < -0.4 is 10.6 Å². The molecule has 1 aromatic heterocycles. The highest BCUT2D eigenvalue weighted by Gasteiger charge is 2.29. The quantitative estimate of drug-likeness (QED) is 0.861. The summed E-state index contributed by atoms with van der Waals surface area (Å²) < 4.78 is 0. The van der Waals surface area contributed by atoms with E-state index >= 15 is 0 Å². The SMILES string of the molecule is CC(N)C(C)C(=O)N1CCCC(CN2CCN(c3ccccn3)CC2)C1. The van der Waals surface area contributed by atoms with Crippen LogP contribution in [-0.2, 0) is 4.79 Å². The van der Waals surface area contributed by atoms with Crippen molar-refractivity contribution in [2.24, 2.45) is 17.6 Å². The van der Waals surface area contributed by atoms with Crippen LogP contribution in [0.2, 0.25) is 0 Å². The maximum absolute atomic E-state index is 12.6. The van der Waals surface area contributed by atoms with Crippen LogP contribution in [0.3, 0.4) is 0 Å². The zero-order valence-electron chi connectivity index (χ0n) is 16.2. The third kappa shape index (κ3) is 4.74. The van der Waals surface area contributed by atoms with Crippen molar-refractivity contribution in [3.63, 3.8) is 0 Å². The summed E-state index contributed by atoms with van der Waals surface area (Å²) in [5.74, 6) is 1.79. The Bertz CT molecular complexity index is 571. The molecule has 3 unspecified atom stereocenters. The zero-order valence-corrected chi connectivity index (χ0v) is 16.2. The van der Waals surface area contributed by atoms with E-state index in [0.29, 0.717) is 5.92 Å². The minimum Gasteiger partial charge on any atom is -0.354 e. The number of anilines is 1. The van der Waals surface area contributed by atoms with Gasteiger partial charge in [-0.25, -0.2) is 4.98 Å². The van der Waals surface area contributed by atoms with Gasteiger partial charge in [0.15, 0.2) is 0 Å². The summed E-state index contributed by atoms with van der Waals surface area (Å²) in [4.78, 5) is 24.0. The number of piperazine rings is 1. The van der Waals surface area contributed by atoms with E-state index in [2.05, 4.69) is 20.9 Å². The van der Waals surface area contributed by atoms with Gasteiger partial charge in [-0.2, -0.15) is 0 Å². The van der Waals surface area contributed by atoms with Crippen molar-refractivity contribution in [1.29, 1.82) is 0 Å². The molecule has 2 N–H and O–H groups in total. The van der Waals surface area contributed by atoms with Crippen LogP contribution in [0, 0.1) is 11.8 Å². The number of hydrogen-bond donors (Lipinski definition) is 1. The molecule has 0 bridgehead atoms. The highest BCUT2D eigenvalue weighted by Crippen LogP contribution is 2.21. The van der Waals surface area contributed by atoms with Crippen molar-refractivity contribution >= 4 is 11.7 Å². The van der Waals surface area contributed by atoms with Crippen LogP contribution >= 0.6 is 0 Å². The summed E-state index contributed by atoms with van der Waals surface area (Å²) in [6.45, 7) is 10.9. The molecule has 0 aliphatic carbocycles. The summed E-state index contributed by atoms with van der Waals surface area (Å²) in [5, 5.41) is 0. The summed E-state index contributed by atoms with van der Waals surface area (Å²) >= 11 is 0. The van der Waals surface area contributed by atoms with Gasteiger partial charge in [-0.1, -0.05) is 13.0 Å². The van der Waals surface area contributed by atoms with E-state index < -0.39 is 0 Å². The molecule has 0 radical (unpaired) electrons. The van der Waals surface area contributed by atoms with Gasteiger partial charge < -0.3 is 15.5 Å². The van der Waals surface area contributed by atoms with Crippen molar-refractivity contribution in [1.82, 2.24) is 14.8 Å². The number of likely N-dealkylation sites (tertiary alicyclic amines) is 1. The molecular weight excluding hydrogens is 326 g/mol. The van der Waals surface area contributed by atoms with E-state index in [1.54, 1.807) is 0 Å². The molecule has 3 rings (SSSR count). The van der Waals surface area contributed by atoms with Crippen molar-refractivity contribution in [2.45, 2.75) is 32.7 Å². The first-order valence-electron chi connectivity index (χ1n) is 9.97. The summed E-state index contributed by atoms with van der Waals surface area (Å²) in [5.41, 5.74) is 5.92. The van der Waals surface area contributed by atoms with Crippen LogP contribution in [-0.4, -0.2) is 72.5 Å². The molecule has 0 spiro atoms. The molecule has 2 fully saturated rings. The van der Waals surface area contributed by atoms with Crippen molar-refractivity contribution in [3.05, 3.63) is 24.4 Å². The molecule has 0 aromatic carbocycles. The van der Waals surface area contributed by atoms with Crippen LogP contribution in [0.25, 0.3) is 0 Å². The predicted molar refractivity (Wildman–Crippen MR) is 105 cm³/mol. The number of carbonyl (C=O) groups excluding carboxylic acids is 1. The number of rotatable bonds is 5. The van der Waals surface area contributed by atoms with Gasteiger partial charge in [0.1, 0.15) is 5.82 Å². The average molecular weight is 360 g/mol. The van der Waals surface area contributed by atoms with Gasteiger partial charge in [-0.15, -0.1) is 0 Å². The third-order valence-corrected chi connectivity index (χ3v) is 5.87. The number of aromatic nitrogens is 1. The Morgan fingerprint density at radius 3 is 2.65 bits per heavy atom. The molecule has 26 heavy (non-hydrogen) atoms. The molecule has 3 atom stereocenters. The molecule has 144 valence electrons. The monoisotopic (exact) mass is 359 g/mol. The number of piperidine rings is 1. The Hall–Kier alpha value is -1.66. The highest BCUT2D eigenvalue weighted by atomic mass is 16.2. The Morgan fingerprint density at radius 1 is 1.23 bits per heavy atom. The minimum atomic E-state index is -0.0873. The molecule has 6 heteroatoms. The predicted octanol–water partition coefficient (Wildman–Crippen LogP) is 1.43. The Morgan fingerprint density at radius 2 is 2.00 bits per heavy atom. The number of amides is 1. The normalized spacial score (nSPS) is 24.3. The summed E-state index contributed by atoms with van der Waals surface area (Å²) in [6, 6.07) is 6.01. The lowest BCUT2D eigenvalue weighted by Crippen LogP contribution is -2.51. The van der Waals surface area contributed by atoms with Gasteiger partial charge >= 0.3 is 0 Å². The molecule has 3 heterocycles. The van der Waals surface area contributed by atoms with Crippen molar-refractivity contribution < 1.29 is 4.79 Å². The Labute approximate surface area is 157 Å². The van der Waals surface area contributed by atoms with E-state index in [0.717, 1.165) is 58.1 Å². The average Bonchev–Trinajstić information content (AvgIpc) is 2.68. The molecule has 1 aromatic rings. The fourth-order valence-corrected chi connectivity index (χ4v) is 3.99. The number of nitrogens with zero attached hydrogens (tertiary/aromatic N) is 4.